The van der Waals surface area contributed by atoms with Gasteiger partial charge in [-0.05, 0) is 49.1 Å². The lowest BCUT2D eigenvalue weighted by Gasteiger charge is -2.28. The van der Waals surface area contributed by atoms with Crippen molar-refractivity contribution in [2.24, 2.45) is 0 Å². The molecular formula is C19H15BrClF4NO5S. The van der Waals surface area contributed by atoms with Crippen molar-refractivity contribution < 1.29 is 40.6 Å². The standard InChI is InChI=1S/C19H15BrClF4NO5S/c20-10-4-9(19(23,24)25)5-11(6-10)32(29,30)26-15-3-1-2-12-13(15)7-14(21)17(22)18(12)31-8-16(27)28/h4-7,15,26H,1-3,8H2,(H,27,28)/t15-/m1/s1. The molecule has 1 aliphatic rings. The van der Waals surface area contributed by atoms with Gasteiger partial charge in [0.25, 0.3) is 0 Å². The first-order valence-electron chi connectivity index (χ1n) is 9.05. The average molecular weight is 561 g/mol. The molecule has 0 heterocycles. The first-order valence-corrected chi connectivity index (χ1v) is 11.7. The minimum atomic E-state index is -4.76. The summed E-state index contributed by atoms with van der Waals surface area (Å²) in [5.41, 5.74) is -0.638. The van der Waals surface area contributed by atoms with E-state index >= 15 is 0 Å². The number of hydrogen-bond donors (Lipinski definition) is 2. The molecular weight excluding hydrogens is 546 g/mol. The molecule has 2 aromatic rings. The Kier molecular flexibility index (Phi) is 7.08. The molecule has 0 saturated heterocycles. The fourth-order valence-corrected chi connectivity index (χ4v) is 5.58. The number of alkyl halides is 3. The van der Waals surface area contributed by atoms with Gasteiger partial charge in [0.15, 0.2) is 18.2 Å². The van der Waals surface area contributed by atoms with E-state index in [0.717, 1.165) is 12.1 Å². The summed E-state index contributed by atoms with van der Waals surface area (Å²) in [7, 11) is -4.42. The van der Waals surface area contributed by atoms with Gasteiger partial charge in [-0.3, -0.25) is 0 Å². The third-order valence-electron chi connectivity index (χ3n) is 4.76. The number of aliphatic carboxylic acids is 1. The lowest BCUT2D eigenvalue weighted by atomic mass is 9.87. The summed E-state index contributed by atoms with van der Waals surface area (Å²) < 4.78 is 86.9. The van der Waals surface area contributed by atoms with E-state index in [4.69, 9.17) is 21.4 Å². The Morgan fingerprint density at radius 3 is 2.59 bits per heavy atom. The third-order valence-corrected chi connectivity index (χ3v) is 6.94. The van der Waals surface area contributed by atoms with Crippen LogP contribution < -0.4 is 9.46 Å². The Morgan fingerprint density at radius 2 is 1.97 bits per heavy atom. The lowest BCUT2D eigenvalue weighted by Crippen LogP contribution is -2.31. The second-order valence-electron chi connectivity index (χ2n) is 6.99. The molecule has 0 radical (unpaired) electrons. The molecule has 0 unspecified atom stereocenters. The molecule has 0 bridgehead atoms. The lowest BCUT2D eigenvalue weighted by molar-refractivity contribution is -0.139. The SMILES string of the molecule is O=C(O)COc1c(F)c(Cl)cc2c1CCC[C@H]2NS(=O)(=O)c1cc(Br)cc(C(F)(F)F)c1. The molecule has 0 fully saturated rings. The number of halogens is 6. The monoisotopic (exact) mass is 559 g/mol. The van der Waals surface area contributed by atoms with E-state index in [1.54, 1.807) is 0 Å². The summed E-state index contributed by atoms with van der Waals surface area (Å²) in [6.45, 7) is -0.835. The van der Waals surface area contributed by atoms with E-state index in [1.165, 1.54) is 6.07 Å². The maximum Gasteiger partial charge on any atom is 0.416 e. The van der Waals surface area contributed by atoms with Gasteiger partial charge < -0.3 is 9.84 Å². The molecule has 0 spiro atoms. The maximum atomic E-state index is 14.5. The molecule has 2 N–H and O–H groups in total. The van der Waals surface area contributed by atoms with Gasteiger partial charge in [-0.2, -0.15) is 13.2 Å². The summed E-state index contributed by atoms with van der Waals surface area (Å²) >= 11 is 8.79. The average Bonchev–Trinajstić information content (AvgIpc) is 2.67. The van der Waals surface area contributed by atoms with Crippen LogP contribution in [0.1, 0.15) is 35.6 Å². The fraction of sp³-hybridized carbons (Fsp3) is 0.316. The number of benzene rings is 2. The molecule has 3 rings (SSSR count). The van der Waals surface area contributed by atoms with Gasteiger partial charge in [-0.15, -0.1) is 0 Å². The molecule has 1 atom stereocenters. The second kappa shape index (κ2) is 9.16. The summed E-state index contributed by atoms with van der Waals surface area (Å²) in [6.07, 6.45) is -3.84. The Bertz CT molecular complexity index is 1170. The number of carboxylic acids is 1. The highest BCUT2D eigenvalue weighted by Gasteiger charge is 2.34. The van der Waals surface area contributed by atoms with Crippen LogP contribution in [0, 0.1) is 5.82 Å². The molecule has 32 heavy (non-hydrogen) atoms. The van der Waals surface area contributed by atoms with Crippen molar-refractivity contribution in [2.75, 3.05) is 6.61 Å². The number of carboxylic acid groups (broad SMARTS) is 1. The predicted octanol–water partition coefficient (Wildman–Crippen LogP) is 5.08. The zero-order chi connectivity index (χ0) is 23.8. The number of ether oxygens (including phenoxy) is 1. The highest BCUT2D eigenvalue weighted by atomic mass is 79.9. The van der Waals surface area contributed by atoms with Gasteiger partial charge in [-0.25, -0.2) is 22.3 Å². The van der Waals surface area contributed by atoms with E-state index < -0.39 is 56.1 Å². The Labute approximate surface area is 193 Å². The Morgan fingerprint density at radius 1 is 1.28 bits per heavy atom. The van der Waals surface area contributed by atoms with Crippen LogP contribution >= 0.6 is 27.5 Å². The van der Waals surface area contributed by atoms with Crippen molar-refractivity contribution in [1.82, 2.24) is 4.72 Å². The van der Waals surface area contributed by atoms with E-state index in [0.29, 0.717) is 12.5 Å². The number of carbonyl (C=O) groups is 1. The van der Waals surface area contributed by atoms with Crippen molar-refractivity contribution in [2.45, 2.75) is 36.4 Å². The summed E-state index contributed by atoms with van der Waals surface area (Å²) in [6, 6.07) is 2.55. The minimum absolute atomic E-state index is 0.0776. The van der Waals surface area contributed by atoms with Crippen LogP contribution in [0.25, 0.3) is 0 Å². The quantitative estimate of drug-likeness (QED) is 0.481. The smallest absolute Gasteiger partial charge is 0.416 e. The molecule has 6 nitrogen and oxygen atoms in total. The summed E-state index contributed by atoms with van der Waals surface area (Å²) in [4.78, 5) is 10.2. The van der Waals surface area contributed by atoms with E-state index in [2.05, 4.69) is 20.7 Å². The van der Waals surface area contributed by atoms with Crippen molar-refractivity contribution in [3.8, 4) is 5.75 Å². The largest absolute Gasteiger partial charge is 0.479 e. The van der Waals surface area contributed by atoms with Crippen LogP contribution in [-0.2, 0) is 27.4 Å². The van der Waals surface area contributed by atoms with Gasteiger partial charge in [0.05, 0.1) is 15.5 Å². The summed E-state index contributed by atoms with van der Waals surface area (Å²) in [5, 5.41) is 8.41. The maximum absolute atomic E-state index is 14.5. The van der Waals surface area contributed by atoms with Gasteiger partial charge in [0.1, 0.15) is 0 Å². The van der Waals surface area contributed by atoms with Crippen molar-refractivity contribution in [3.05, 3.63) is 56.3 Å². The molecule has 1 aliphatic carbocycles. The number of hydrogen-bond acceptors (Lipinski definition) is 4. The van der Waals surface area contributed by atoms with E-state index in [1.807, 2.05) is 0 Å². The van der Waals surface area contributed by atoms with Crippen LogP contribution in [-0.4, -0.2) is 26.1 Å². The van der Waals surface area contributed by atoms with Crippen LogP contribution in [0.2, 0.25) is 5.02 Å². The molecule has 0 aliphatic heterocycles. The zero-order valence-corrected chi connectivity index (χ0v) is 19.1. The number of nitrogens with one attached hydrogen (secondary N) is 1. The highest BCUT2D eigenvalue weighted by Crippen LogP contribution is 2.41. The van der Waals surface area contributed by atoms with Gasteiger partial charge in [0.2, 0.25) is 10.0 Å². The minimum Gasteiger partial charge on any atom is -0.479 e. The van der Waals surface area contributed by atoms with E-state index in [9.17, 15) is 30.8 Å². The van der Waals surface area contributed by atoms with Crippen LogP contribution in [0.5, 0.6) is 5.75 Å². The topological polar surface area (TPSA) is 92.7 Å². The van der Waals surface area contributed by atoms with E-state index in [-0.39, 0.29) is 34.2 Å². The molecule has 2 aromatic carbocycles. The van der Waals surface area contributed by atoms with Crippen LogP contribution in [0.3, 0.4) is 0 Å². The molecule has 0 amide bonds. The first kappa shape index (κ1) is 24.7. The van der Waals surface area contributed by atoms with Gasteiger partial charge >= 0.3 is 12.1 Å². The van der Waals surface area contributed by atoms with Gasteiger partial charge in [0, 0.05) is 16.1 Å². The fourth-order valence-electron chi connectivity index (χ4n) is 3.41. The number of rotatable bonds is 6. The Balaban J connectivity index is 2.00. The first-order chi connectivity index (χ1) is 14.8. The second-order valence-corrected chi connectivity index (χ2v) is 10.0. The zero-order valence-electron chi connectivity index (χ0n) is 16.0. The molecule has 0 aromatic heterocycles. The Hall–Kier alpha value is -1.89. The van der Waals surface area contributed by atoms with Crippen molar-refractivity contribution in [3.63, 3.8) is 0 Å². The molecule has 0 saturated carbocycles. The predicted molar refractivity (Wildman–Crippen MR) is 110 cm³/mol. The molecule has 13 heteroatoms. The summed E-state index contributed by atoms with van der Waals surface area (Å²) in [5.74, 6) is -2.71. The van der Waals surface area contributed by atoms with Crippen LogP contribution in [0.15, 0.2) is 33.6 Å². The third kappa shape index (κ3) is 5.36. The number of sulfonamides is 1. The normalized spacial score (nSPS) is 16.5. The van der Waals surface area contributed by atoms with Crippen LogP contribution in [0.4, 0.5) is 17.6 Å². The van der Waals surface area contributed by atoms with Crippen molar-refractivity contribution in [1.29, 1.82) is 0 Å². The van der Waals surface area contributed by atoms with Crippen molar-refractivity contribution >= 4 is 43.5 Å². The number of fused-ring (bicyclic) bond motifs is 1. The molecule has 174 valence electrons. The highest BCUT2D eigenvalue weighted by molar-refractivity contribution is 9.10. The van der Waals surface area contributed by atoms with Gasteiger partial charge in [-0.1, -0.05) is 27.5 Å².